The fourth-order valence-electron chi connectivity index (χ4n) is 3.66. The van der Waals surface area contributed by atoms with Gasteiger partial charge in [0.2, 0.25) is 15.9 Å². The van der Waals surface area contributed by atoms with Gasteiger partial charge in [-0.2, -0.15) is 4.31 Å². The fraction of sp³-hybridized carbons (Fsp3) is 0.435. The summed E-state index contributed by atoms with van der Waals surface area (Å²) in [5.41, 5.74) is 2.17. The van der Waals surface area contributed by atoms with Gasteiger partial charge in [-0.05, 0) is 55.7 Å². The molecule has 3 rings (SSSR count). The van der Waals surface area contributed by atoms with Crippen molar-refractivity contribution in [1.82, 2.24) is 9.21 Å². The molecule has 2 aromatic rings. The lowest BCUT2D eigenvalue weighted by atomic mass is 10.1. The van der Waals surface area contributed by atoms with Gasteiger partial charge in [-0.25, -0.2) is 8.42 Å². The molecule has 1 saturated heterocycles. The van der Waals surface area contributed by atoms with Crippen LogP contribution in [0.3, 0.4) is 0 Å². The summed E-state index contributed by atoms with van der Waals surface area (Å²) in [5, 5.41) is 0. The summed E-state index contributed by atoms with van der Waals surface area (Å²) in [6, 6.07) is 12.4. The predicted molar refractivity (Wildman–Crippen MR) is 119 cm³/mol. The number of methoxy groups -OCH3 is 1. The van der Waals surface area contributed by atoms with Gasteiger partial charge in [0, 0.05) is 32.6 Å². The van der Waals surface area contributed by atoms with Crippen molar-refractivity contribution >= 4 is 15.9 Å². The highest BCUT2D eigenvalue weighted by atomic mass is 32.2. The van der Waals surface area contributed by atoms with E-state index < -0.39 is 10.0 Å². The molecular weight excluding hydrogens is 416 g/mol. The standard InChI is InChI=1S/C23H30N2O5S/c1-18-6-4-7-19(2)23(18)30-17-5-8-22(26)24-13-15-25(16-14-24)31(27,28)21-11-9-20(29-3)10-12-21/h4,6-7,9-12H,5,8,13-17H2,1-3H3. The van der Waals surface area contributed by atoms with Crippen molar-refractivity contribution < 1.29 is 22.7 Å². The zero-order chi connectivity index (χ0) is 22.4. The number of piperazine rings is 1. The molecule has 0 bridgehead atoms. The summed E-state index contributed by atoms with van der Waals surface area (Å²) in [6.45, 7) is 5.86. The summed E-state index contributed by atoms with van der Waals surface area (Å²) in [4.78, 5) is 14.5. The lowest BCUT2D eigenvalue weighted by molar-refractivity contribution is -0.132. The Labute approximate surface area is 184 Å². The maximum Gasteiger partial charge on any atom is 0.243 e. The Kier molecular flexibility index (Phi) is 7.56. The van der Waals surface area contributed by atoms with Crippen LogP contribution in [0.25, 0.3) is 0 Å². The van der Waals surface area contributed by atoms with Gasteiger partial charge in [0.1, 0.15) is 11.5 Å². The van der Waals surface area contributed by atoms with E-state index in [1.165, 1.54) is 11.4 Å². The third-order valence-electron chi connectivity index (χ3n) is 5.48. The van der Waals surface area contributed by atoms with Crippen molar-refractivity contribution in [3.63, 3.8) is 0 Å². The van der Waals surface area contributed by atoms with E-state index >= 15 is 0 Å². The normalized spacial score (nSPS) is 15.0. The molecule has 0 unspecified atom stereocenters. The van der Waals surface area contributed by atoms with E-state index in [0.29, 0.717) is 51.4 Å². The number of aryl methyl sites for hydroxylation is 2. The first-order valence-electron chi connectivity index (χ1n) is 10.4. The molecule has 7 nitrogen and oxygen atoms in total. The minimum atomic E-state index is -3.58. The Balaban J connectivity index is 1.46. The van der Waals surface area contributed by atoms with Crippen molar-refractivity contribution in [2.45, 2.75) is 31.6 Å². The van der Waals surface area contributed by atoms with Gasteiger partial charge < -0.3 is 14.4 Å². The van der Waals surface area contributed by atoms with Crippen LogP contribution < -0.4 is 9.47 Å². The average molecular weight is 447 g/mol. The minimum Gasteiger partial charge on any atom is -0.497 e. The van der Waals surface area contributed by atoms with E-state index in [1.807, 2.05) is 32.0 Å². The number of benzene rings is 2. The molecule has 0 saturated carbocycles. The average Bonchev–Trinajstić information content (AvgIpc) is 2.78. The van der Waals surface area contributed by atoms with Crippen LogP contribution in [-0.4, -0.2) is 63.4 Å². The van der Waals surface area contributed by atoms with Crippen LogP contribution in [0.5, 0.6) is 11.5 Å². The number of ether oxygens (including phenoxy) is 2. The van der Waals surface area contributed by atoms with Crippen LogP contribution in [0, 0.1) is 13.8 Å². The number of sulfonamides is 1. The lowest BCUT2D eigenvalue weighted by Crippen LogP contribution is -2.50. The molecule has 1 aliphatic heterocycles. The van der Waals surface area contributed by atoms with Gasteiger partial charge in [-0.3, -0.25) is 4.79 Å². The molecule has 31 heavy (non-hydrogen) atoms. The van der Waals surface area contributed by atoms with Crippen LogP contribution in [0.15, 0.2) is 47.4 Å². The quantitative estimate of drug-likeness (QED) is 0.583. The molecule has 8 heteroatoms. The Morgan fingerprint density at radius 3 is 2.16 bits per heavy atom. The molecule has 0 atom stereocenters. The topological polar surface area (TPSA) is 76.2 Å². The number of carbonyl (C=O) groups excluding carboxylic acids is 1. The predicted octanol–water partition coefficient (Wildman–Crippen LogP) is 3.00. The summed E-state index contributed by atoms with van der Waals surface area (Å²) >= 11 is 0. The molecule has 0 aliphatic carbocycles. The largest absolute Gasteiger partial charge is 0.497 e. The Hall–Kier alpha value is -2.58. The third-order valence-corrected chi connectivity index (χ3v) is 7.39. The zero-order valence-electron chi connectivity index (χ0n) is 18.3. The molecular formula is C23H30N2O5S. The third kappa shape index (κ3) is 5.57. The van der Waals surface area contributed by atoms with E-state index in [-0.39, 0.29) is 10.8 Å². The highest BCUT2D eigenvalue weighted by molar-refractivity contribution is 7.89. The maximum atomic E-state index is 12.8. The molecule has 0 radical (unpaired) electrons. The number of nitrogens with zero attached hydrogens (tertiary/aromatic N) is 2. The molecule has 0 aromatic heterocycles. The number of hydrogen-bond donors (Lipinski definition) is 0. The van der Waals surface area contributed by atoms with Gasteiger partial charge in [-0.1, -0.05) is 18.2 Å². The number of rotatable bonds is 8. The van der Waals surface area contributed by atoms with Crippen molar-refractivity contribution in [2.75, 3.05) is 39.9 Å². The Morgan fingerprint density at radius 2 is 1.58 bits per heavy atom. The van der Waals surface area contributed by atoms with Crippen molar-refractivity contribution in [2.24, 2.45) is 0 Å². The SMILES string of the molecule is COc1ccc(S(=O)(=O)N2CCN(C(=O)CCCOc3c(C)cccc3C)CC2)cc1. The number of para-hydroxylation sites is 1. The molecule has 1 aliphatic rings. The zero-order valence-corrected chi connectivity index (χ0v) is 19.2. The lowest BCUT2D eigenvalue weighted by Gasteiger charge is -2.34. The summed E-state index contributed by atoms with van der Waals surface area (Å²) in [6.07, 6.45) is 1.01. The van der Waals surface area contributed by atoms with Crippen LogP contribution >= 0.6 is 0 Å². The summed E-state index contributed by atoms with van der Waals surface area (Å²) < 4.78 is 38.0. The highest BCUT2D eigenvalue weighted by Crippen LogP contribution is 2.23. The van der Waals surface area contributed by atoms with Crippen LogP contribution in [-0.2, 0) is 14.8 Å². The van der Waals surface area contributed by atoms with E-state index in [0.717, 1.165) is 16.9 Å². The van der Waals surface area contributed by atoms with Gasteiger partial charge >= 0.3 is 0 Å². The van der Waals surface area contributed by atoms with E-state index in [9.17, 15) is 13.2 Å². The second-order valence-corrected chi connectivity index (χ2v) is 9.57. The van der Waals surface area contributed by atoms with Crippen LogP contribution in [0.1, 0.15) is 24.0 Å². The van der Waals surface area contributed by atoms with E-state index in [1.54, 1.807) is 29.2 Å². The van der Waals surface area contributed by atoms with Gasteiger partial charge in [0.25, 0.3) is 0 Å². The van der Waals surface area contributed by atoms with E-state index in [4.69, 9.17) is 9.47 Å². The van der Waals surface area contributed by atoms with Gasteiger partial charge in [-0.15, -0.1) is 0 Å². The number of hydrogen-bond acceptors (Lipinski definition) is 5. The molecule has 1 heterocycles. The Bertz CT molecular complexity index is 977. The van der Waals surface area contributed by atoms with E-state index in [2.05, 4.69) is 0 Å². The molecule has 2 aromatic carbocycles. The fourth-order valence-corrected chi connectivity index (χ4v) is 5.08. The summed E-state index contributed by atoms with van der Waals surface area (Å²) in [7, 11) is -2.04. The smallest absolute Gasteiger partial charge is 0.243 e. The first kappa shape index (κ1) is 23.1. The second-order valence-electron chi connectivity index (χ2n) is 7.63. The maximum absolute atomic E-state index is 12.8. The molecule has 0 N–H and O–H groups in total. The number of amides is 1. The van der Waals surface area contributed by atoms with Crippen LogP contribution in [0.4, 0.5) is 0 Å². The Morgan fingerprint density at radius 1 is 0.968 bits per heavy atom. The van der Waals surface area contributed by atoms with Gasteiger partial charge in [0.05, 0.1) is 18.6 Å². The minimum absolute atomic E-state index is 0.0339. The number of carbonyl (C=O) groups is 1. The van der Waals surface area contributed by atoms with Crippen molar-refractivity contribution in [3.8, 4) is 11.5 Å². The summed E-state index contributed by atoms with van der Waals surface area (Å²) in [5.74, 6) is 1.52. The highest BCUT2D eigenvalue weighted by Gasteiger charge is 2.29. The van der Waals surface area contributed by atoms with Crippen LogP contribution in [0.2, 0.25) is 0 Å². The van der Waals surface area contributed by atoms with Crippen molar-refractivity contribution in [1.29, 1.82) is 0 Å². The molecule has 0 spiro atoms. The molecule has 1 amide bonds. The first-order valence-corrected chi connectivity index (χ1v) is 11.9. The first-order chi connectivity index (χ1) is 14.8. The molecule has 168 valence electrons. The van der Waals surface area contributed by atoms with Crippen molar-refractivity contribution in [3.05, 3.63) is 53.6 Å². The second kappa shape index (κ2) is 10.2. The monoisotopic (exact) mass is 446 g/mol. The molecule has 1 fully saturated rings. The van der Waals surface area contributed by atoms with Gasteiger partial charge in [0.15, 0.2) is 0 Å².